The van der Waals surface area contributed by atoms with Crippen LogP contribution in [0.2, 0.25) is 0 Å². The van der Waals surface area contributed by atoms with Crippen molar-refractivity contribution in [3.8, 4) is 0 Å². The molecule has 1 heteroatoms. The lowest BCUT2D eigenvalue weighted by Gasteiger charge is -2.31. The van der Waals surface area contributed by atoms with Crippen LogP contribution in [-0.4, -0.2) is 6.04 Å². The number of rotatable bonds is 1. The van der Waals surface area contributed by atoms with Crippen molar-refractivity contribution >= 4 is 5.69 Å². The maximum Gasteiger partial charge on any atom is 0.0374 e. The fourth-order valence-corrected chi connectivity index (χ4v) is 2.39. The van der Waals surface area contributed by atoms with Crippen LogP contribution in [0.5, 0.6) is 0 Å². The van der Waals surface area contributed by atoms with Crippen molar-refractivity contribution in [3.63, 3.8) is 0 Å². The standard InChI is InChI=1S/C14H21N/c1-14(2,3)10-12-9-8-11-6-4-5-7-13(11)15-12/h4-7,12,15H,8-10H2,1-3H3. The van der Waals surface area contributed by atoms with E-state index in [0.717, 1.165) is 0 Å². The minimum absolute atomic E-state index is 0.421. The van der Waals surface area contributed by atoms with Crippen LogP contribution in [0.15, 0.2) is 24.3 Å². The molecule has 1 aromatic rings. The Kier molecular flexibility index (Phi) is 2.72. The van der Waals surface area contributed by atoms with Gasteiger partial charge in [0, 0.05) is 11.7 Å². The molecule has 0 fully saturated rings. The number of hydrogen-bond donors (Lipinski definition) is 1. The molecule has 0 aromatic heterocycles. The van der Waals surface area contributed by atoms with Gasteiger partial charge in [-0.05, 0) is 36.3 Å². The summed E-state index contributed by atoms with van der Waals surface area (Å²) in [5, 5.41) is 3.65. The van der Waals surface area contributed by atoms with Crippen LogP contribution in [0.25, 0.3) is 0 Å². The third-order valence-corrected chi connectivity index (χ3v) is 3.00. The number of anilines is 1. The Hall–Kier alpha value is -0.980. The van der Waals surface area contributed by atoms with E-state index in [2.05, 4.69) is 50.4 Å². The first-order valence-corrected chi connectivity index (χ1v) is 5.89. The van der Waals surface area contributed by atoms with Crippen LogP contribution in [-0.2, 0) is 6.42 Å². The highest BCUT2D eigenvalue weighted by molar-refractivity contribution is 5.53. The average Bonchev–Trinajstić information content (AvgIpc) is 2.15. The first-order chi connectivity index (χ1) is 7.04. The van der Waals surface area contributed by atoms with E-state index in [9.17, 15) is 0 Å². The Morgan fingerprint density at radius 2 is 2.00 bits per heavy atom. The molecule has 0 spiro atoms. The Morgan fingerprint density at radius 3 is 2.73 bits per heavy atom. The van der Waals surface area contributed by atoms with Gasteiger partial charge in [0.1, 0.15) is 0 Å². The fourth-order valence-electron chi connectivity index (χ4n) is 2.39. The molecule has 0 saturated carbocycles. The zero-order chi connectivity index (χ0) is 10.9. The highest BCUT2D eigenvalue weighted by atomic mass is 14.9. The Labute approximate surface area is 92.9 Å². The summed E-state index contributed by atoms with van der Waals surface area (Å²) in [5.41, 5.74) is 3.24. The number of para-hydroxylation sites is 1. The second-order valence-corrected chi connectivity index (χ2v) is 5.80. The van der Waals surface area contributed by atoms with Crippen molar-refractivity contribution in [1.82, 2.24) is 0 Å². The first kappa shape index (κ1) is 10.5. The fraction of sp³-hybridized carbons (Fsp3) is 0.571. The van der Waals surface area contributed by atoms with Crippen LogP contribution < -0.4 is 5.32 Å². The smallest absolute Gasteiger partial charge is 0.0374 e. The van der Waals surface area contributed by atoms with Gasteiger partial charge in [0.25, 0.3) is 0 Å². The maximum atomic E-state index is 3.65. The lowest BCUT2D eigenvalue weighted by molar-refractivity contribution is 0.339. The summed E-state index contributed by atoms with van der Waals surface area (Å²) in [4.78, 5) is 0. The lowest BCUT2D eigenvalue weighted by atomic mass is 9.84. The van der Waals surface area contributed by atoms with Gasteiger partial charge in [-0.15, -0.1) is 0 Å². The predicted octanol–water partition coefficient (Wildman–Crippen LogP) is 3.85. The van der Waals surface area contributed by atoms with Gasteiger partial charge < -0.3 is 5.32 Å². The molecule has 1 aromatic carbocycles. The first-order valence-electron chi connectivity index (χ1n) is 5.89. The van der Waals surface area contributed by atoms with Crippen LogP contribution in [0.1, 0.15) is 39.2 Å². The Morgan fingerprint density at radius 1 is 1.27 bits per heavy atom. The van der Waals surface area contributed by atoms with Crippen molar-refractivity contribution in [1.29, 1.82) is 0 Å². The second-order valence-electron chi connectivity index (χ2n) is 5.80. The molecular formula is C14H21N. The Balaban J connectivity index is 2.06. The van der Waals surface area contributed by atoms with E-state index in [1.165, 1.54) is 30.5 Å². The van der Waals surface area contributed by atoms with Crippen molar-refractivity contribution < 1.29 is 0 Å². The van der Waals surface area contributed by atoms with Crippen molar-refractivity contribution in [2.24, 2.45) is 5.41 Å². The van der Waals surface area contributed by atoms with Gasteiger partial charge >= 0.3 is 0 Å². The summed E-state index contributed by atoms with van der Waals surface area (Å²) < 4.78 is 0. The third kappa shape index (κ3) is 2.74. The largest absolute Gasteiger partial charge is 0.382 e. The number of aryl methyl sites for hydroxylation is 1. The molecule has 0 aliphatic carbocycles. The zero-order valence-corrected chi connectivity index (χ0v) is 10.0. The average molecular weight is 203 g/mol. The van der Waals surface area contributed by atoms with Crippen LogP contribution >= 0.6 is 0 Å². The van der Waals surface area contributed by atoms with Gasteiger partial charge in [0.05, 0.1) is 0 Å². The molecule has 1 N–H and O–H groups in total. The molecular weight excluding hydrogens is 182 g/mol. The molecule has 1 heterocycles. The van der Waals surface area contributed by atoms with Crippen LogP contribution in [0.3, 0.4) is 0 Å². The molecule has 0 bridgehead atoms. The lowest BCUT2D eigenvalue weighted by Crippen LogP contribution is -2.29. The maximum absolute atomic E-state index is 3.65. The van der Waals surface area contributed by atoms with E-state index in [-0.39, 0.29) is 0 Å². The summed E-state index contributed by atoms with van der Waals surface area (Å²) in [6.07, 6.45) is 3.75. The molecule has 1 nitrogen and oxygen atoms in total. The number of benzene rings is 1. The highest BCUT2D eigenvalue weighted by Gasteiger charge is 2.22. The molecule has 1 aliphatic heterocycles. The van der Waals surface area contributed by atoms with Crippen molar-refractivity contribution in [2.45, 2.75) is 46.1 Å². The summed E-state index contributed by atoms with van der Waals surface area (Å²) in [7, 11) is 0. The van der Waals surface area contributed by atoms with Gasteiger partial charge in [-0.3, -0.25) is 0 Å². The molecule has 15 heavy (non-hydrogen) atoms. The Bertz CT molecular complexity index is 335. The van der Waals surface area contributed by atoms with E-state index in [1.807, 2.05) is 0 Å². The molecule has 1 atom stereocenters. The molecule has 0 radical (unpaired) electrons. The minimum Gasteiger partial charge on any atom is -0.382 e. The van der Waals surface area contributed by atoms with Gasteiger partial charge in [-0.25, -0.2) is 0 Å². The van der Waals surface area contributed by atoms with E-state index in [0.29, 0.717) is 11.5 Å². The van der Waals surface area contributed by atoms with Gasteiger partial charge in [0.15, 0.2) is 0 Å². The summed E-state index contributed by atoms with van der Waals surface area (Å²) in [6, 6.07) is 9.33. The molecule has 1 unspecified atom stereocenters. The normalized spacial score (nSPS) is 20.6. The second kappa shape index (κ2) is 3.88. The number of hydrogen-bond acceptors (Lipinski definition) is 1. The van der Waals surface area contributed by atoms with E-state index >= 15 is 0 Å². The molecule has 82 valence electrons. The zero-order valence-electron chi connectivity index (χ0n) is 10.0. The van der Waals surface area contributed by atoms with Gasteiger partial charge in [-0.1, -0.05) is 39.0 Å². The number of fused-ring (bicyclic) bond motifs is 1. The highest BCUT2D eigenvalue weighted by Crippen LogP contribution is 2.30. The minimum atomic E-state index is 0.421. The summed E-state index contributed by atoms with van der Waals surface area (Å²) >= 11 is 0. The van der Waals surface area contributed by atoms with E-state index < -0.39 is 0 Å². The summed E-state index contributed by atoms with van der Waals surface area (Å²) in [5.74, 6) is 0. The number of nitrogens with one attached hydrogen (secondary N) is 1. The van der Waals surface area contributed by atoms with Gasteiger partial charge in [0.2, 0.25) is 0 Å². The molecule has 2 rings (SSSR count). The molecule has 1 aliphatic rings. The van der Waals surface area contributed by atoms with Crippen LogP contribution in [0, 0.1) is 5.41 Å². The van der Waals surface area contributed by atoms with Crippen molar-refractivity contribution in [2.75, 3.05) is 5.32 Å². The monoisotopic (exact) mass is 203 g/mol. The molecule has 0 amide bonds. The van der Waals surface area contributed by atoms with E-state index in [4.69, 9.17) is 0 Å². The van der Waals surface area contributed by atoms with Gasteiger partial charge in [-0.2, -0.15) is 0 Å². The summed E-state index contributed by atoms with van der Waals surface area (Å²) in [6.45, 7) is 6.94. The van der Waals surface area contributed by atoms with Crippen LogP contribution in [0.4, 0.5) is 5.69 Å². The topological polar surface area (TPSA) is 12.0 Å². The molecule has 0 saturated heterocycles. The predicted molar refractivity (Wildman–Crippen MR) is 66.2 cm³/mol. The quantitative estimate of drug-likeness (QED) is 0.731. The SMILES string of the molecule is CC(C)(C)CC1CCc2ccccc2N1. The third-order valence-electron chi connectivity index (χ3n) is 3.00. The van der Waals surface area contributed by atoms with Crippen molar-refractivity contribution in [3.05, 3.63) is 29.8 Å². The van der Waals surface area contributed by atoms with E-state index in [1.54, 1.807) is 0 Å².